The third-order valence-corrected chi connectivity index (χ3v) is 6.20. The summed E-state index contributed by atoms with van der Waals surface area (Å²) < 4.78 is 0. The summed E-state index contributed by atoms with van der Waals surface area (Å²) in [7, 11) is 0. The Morgan fingerprint density at radius 1 is 0.903 bits per heavy atom. The predicted octanol–water partition coefficient (Wildman–Crippen LogP) is 4.15. The van der Waals surface area contributed by atoms with E-state index >= 15 is 0 Å². The van der Waals surface area contributed by atoms with Crippen LogP contribution in [0.1, 0.15) is 11.1 Å². The highest BCUT2D eigenvalue weighted by atomic mass is 32.2. The van der Waals surface area contributed by atoms with E-state index in [1.54, 1.807) is 0 Å². The number of aromatic nitrogens is 2. The van der Waals surface area contributed by atoms with Gasteiger partial charge in [0.15, 0.2) is 5.82 Å². The molecule has 4 rings (SSSR count). The molecule has 1 aromatic heterocycles. The first-order chi connectivity index (χ1) is 15.1. The Bertz CT molecular complexity index is 1010. The van der Waals surface area contributed by atoms with Crippen LogP contribution in [0.5, 0.6) is 0 Å². The zero-order chi connectivity index (χ0) is 21.6. The molecular formula is C24H27N5OS. The number of benzene rings is 2. The van der Waals surface area contributed by atoms with Crippen LogP contribution in [0.2, 0.25) is 0 Å². The molecule has 0 saturated carbocycles. The maximum absolute atomic E-state index is 12.2. The molecule has 160 valence electrons. The SMILES string of the molecule is Cc1ccc(NC(=O)CSc2ccc(N3CCN(c4cccc(C)c4)CC3)nn2)cc1. The maximum Gasteiger partial charge on any atom is 0.234 e. The lowest BCUT2D eigenvalue weighted by atomic mass is 10.2. The minimum atomic E-state index is -0.0491. The first-order valence-electron chi connectivity index (χ1n) is 10.5. The first-order valence-corrected chi connectivity index (χ1v) is 11.4. The molecule has 1 fully saturated rings. The van der Waals surface area contributed by atoms with Crippen LogP contribution >= 0.6 is 11.8 Å². The van der Waals surface area contributed by atoms with Gasteiger partial charge in [0.05, 0.1) is 5.75 Å². The smallest absolute Gasteiger partial charge is 0.234 e. The number of carbonyl (C=O) groups excluding carboxylic acids is 1. The number of hydrogen-bond donors (Lipinski definition) is 1. The Morgan fingerprint density at radius 2 is 1.65 bits per heavy atom. The molecule has 31 heavy (non-hydrogen) atoms. The Kier molecular flexibility index (Phi) is 6.72. The van der Waals surface area contributed by atoms with Crippen LogP contribution in [0.25, 0.3) is 0 Å². The summed E-state index contributed by atoms with van der Waals surface area (Å²) in [5, 5.41) is 12.4. The summed E-state index contributed by atoms with van der Waals surface area (Å²) in [4.78, 5) is 16.8. The number of aryl methyl sites for hydroxylation is 2. The predicted molar refractivity (Wildman–Crippen MR) is 128 cm³/mol. The Balaban J connectivity index is 1.25. The molecule has 1 amide bonds. The molecule has 0 radical (unpaired) electrons. The molecule has 0 aliphatic carbocycles. The summed E-state index contributed by atoms with van der Waals surface area (Å²) in [6, 6.07) is 20.4. The topological polar surface area (TPSA) is 61.4 Å². The van der Waals surface area contributed by atoms with Crippen LogP contribution < -0.4 is 15.1 Å². The van der Waals surface area contributed by atoms with Gasteiger partial charge < -0.3 is 15.1 Å². The van der Waals surface area contributed by atoms with E-state index in [1.165, 1.54) is 28.6 Å². The Labute approximate surface area is 187 Å². The fourth-order valence-electron chi connectivity index (χ4n) is 3.55. The number of piperazine rings is 1. The average Bonchev–Trinajstić information content (AvgIpc) is 2.80. The van der Waals surface area contributed by atoms with Gasteiger partial charge in [-0.2, -0.15) is 0 Å². The van der Waals surface area contributed by atoms with Crippen molar-refractivity contribution in [2.45, 2.75) is 18.9 Å². The largest absolute Gasteiger partial charge is 0.368 e. The van der Waals surface area contributed by atoms with E-state index < -0.39 is 0 Å². The second-order valence-corrected chi connectivity index (χ2v) is 8.74. The highest BCUT2D eigenvalue weighted by molar-refractivity contribution is 7.99. The van der Waals surface area contributed by atoms with Crippen LogP contribution in [-0.4, -0.2) is 48.0 Å². The molecule has 6 nitrogen and oxygen atoms in total. The van der Waals surface area contributed by atoms with E-state index in [0.717, 1.165) is 42.7 Å². The summed E-state index contributed by atoms with van der Waals surface area (Å²) in [6.07, 6.45) is 0. The zero-order valence-corrected chi connectivity index (χ0v) is 18.7. The van der Waals surface area contributed by atoms with E-state index in [-0.39, 0.29) is 5.91 Å². The number of amides is 1. The molecule has 2 heterocycles. The Morgan fingerprint density at radius 3 is 2.32 bits per heavy atom. The number of anilines is 3. The molecule has 2 aromatic carbocycles. The van der Waals surface area contributed by atoms with E-state index in [2.05, 4.69) is 56.5 Å². The Hall–Kier alpha value is -3.06. The fourth-order valence-corrected chi connectivity index (χ4v) is 4.16. The number of nitrogens with one attached hydrogen (secondary N) is 1. The molecule has 0 bridgehead atoms. The van der Waals surface area contributed by atoms with Crippen molar-refractivity contribution >= 4 is 34.9 Å². The van der Waals surface area contributed by atoms with E-state index in [0.29, 0.717) is 5.75 Å². The number of hydrogen-bond acceptors (Lipinski definition) is 6. The number of rotatable bonds is 6. The minimum Gasteiger partial charge on any atom is -0.368 e. The van der Waals surface area contributed by atoms with Gasteiger partial charge in [-0.25, -0.2) is 0 Å². The van der Waals surface area contributed by atoms with Crippen LogP contribution in [-0.2, 0) is 4.79 Å². The molecule has 0 atom stereocenters. The van der Waals surface area contributed by atoms with Gasteiger partial charge in [0, 0.05) is 37.6 Å². The van der Waals surface area contributed by atoms with Crippen LogP contribution in [0.4, 0.5) is 17.2 Å². The quantitative estimate of drug-likeness (QED) is 0.589. The van der Waals surface area contributed by atoms with Crippen molar-refractivity contribution in [2.75, 3.05) is 47.0 Å². The second-order valence-electron chi connectivity index (χ2n) is 7.75. The monoisotopic (exact) mass is 433 g/mol. The third kappa shape index (κ3) is 5.76. The summed E-state index contributed by atoms with van der Waals surface area (Å²) >= 11 is 1.39. The number of thioether (sulfide) groups is 1. The van der Waals surface area contributed by atoms with Crippen LogP contribution in [0.15, 0.2) is 65.7 Å². The van der Waals surface area contributed by atoms with Gasteiger partial charge in [0.1, 0.15) is 5.03 Å². The van der Waals surface area contributed by atoms with Crippen molar-refractivity contribution in [3.8, 4) is 0 Å². The van der Waals surface area contributed by atoms with Gasteiger partial charge in [0.2, 0.25) is 5.91 Å². The van der Waals surface area contributed by atoms with Crippen molar-refractivity contribution in [2.24, 2.45) is 0 Å². The van der Waals surface area contributed by atoms with Crippen molar-refractivity contribution in [1.82, 2.24) is 10.2 Å². The first kappa shape index (κ1) is 21.2. The third-order valence-electron chi connectivity index (χ3n) is 5.28. The molecule has 1 saturated heterocycles. The molecule has 0 unspecified atom stereocenters. The van der Waals surface area contributed by atoms with Crippen molar-refractivity contribution < 1.29 is 4.79 Å². The summed E-state index contributed by atoms with van der Waals surface area (Å²) in [5.74, 6) is 1.14. The standard InChI is InChI=1S/C24H27N5OS/c1-18-6-8-20(9-7-18)25-23(30)17-31-24-11-10-22(26-27-24)29-14-12-28(13-15-29)21-5-3-4-19(2)16-21/h3-11,16H,12-15,17H2,1-2H3,(H,25,30). The molecule has 0 spiro atoms. The average molecular weight is 434 g/mol. The van der Waals surface area contributed by atoms with Crippen molar-refractivity contribution in [3.63, 3.8) is 0 Å². The summed E-state index contributed by atoms with van der Waals surface area (Å²) in [6.45, 7) is 7.89. The normalized spacial score (nSPS) is 13.9. The molecule has 1 aliphatic heterocycles. The van der Waals surface area contributed by atoms with Gasteiger partial charge in [0.25, 0.3) is 0 Å². The highest BCUT2D eigenvalue weighted by Crippen LogP contribution is 2.22. The van der Waals surface area contributed by atoms with Crippen molar-refractivity contribution in [3.05, 3.63) is 71.8 Å². The molecule has 1 aliphatic rings. The van der Waals surface area contributed by atoms with Crippen molar-refractivity contribution in [1.29, 1.82) is 0 Å². The lowest BCUT2D eigenvalue weighted by Gasteiger charge is -2.36. The maximum atomic E-state index is 12.2. The lowest BCUT2D eigenvalue weighted by Crippen LogP contribution is -2.46. The van der Waals surface area contributed by atoms with Crippen LogP contribution in [0.3, 0.4) is 0 Å². The zero-order valence-electron chi connectivity index (χ0n) is 17.9. The minimum absolute atomic E-state index is 0.0491. The van der Waals surface area contributed by atoms with Gasteiger partial charge in [-0.05, 0) is 55.8 Å². The second kappa shape index (κ2) is 9.83. The lowest BCUT2D eigenvalue weighted by molar-refractivity contribution is -0.113. The van der Waals surface area contributed by atoms with E-state index in [4.69, 9.17) is 0 Å². The number of nitrogens with zero attached hydrogens (tertiary/aromatic N) is 4. The van der Waals surface area contributed by atoms with Gasteiger partial charge in [-0.3, -0.25) is 4.79 Å². The van der Waals surface area contributed by atoms with E-state index in [1.807, 2.05) is 43.3 Å². The van der Waals surface area contributed by atoms with Gasteiger partial charge >= 0.3 is 0 Å². The summed E-state index contributed by atoms with van der Waals surface area (Å²) in [5.41, 5.74) is 4.54. The fraction of sp³-hybridized carbons (Fsp3) is 0.292. The molecule has 1 N–H and O–H groups in total. The number of carbonyl (C=O) groups is 1. The molecular weight excluding hydrogens is 406 g/mol. The van der Waals surface area contributed by atoms with Crippen LogP contribution in [0, 0.1) is 13.8 Å². The van der Waals surface area contributed by atoms with Gasteiger partial charge in [-0.1, -0.05) is 41.6 Å². The van der Waals surface area contributed by atoms with Gasteiger partial charge in [-0.15, -0.1) is 10.2 Å². The highest BCUT2D eigenvalue weighted by Gasteiger charge is 2.19. The molecule has 7 heteroatoms. The molecule has 3 aromatic rings. The van der Waals surface area contributed by atoms with E-state index in [9.17, 15) is 4.79 Å².